The van der Waals surface area contributed by atoms with Crippen molar-refractivity contribution in [1.29, 1.82) is 0 Å². The van der Waals surface area contributed by atoms with E-state index in [-0.39, 0.29) is 5.91 Å². The normalized spacial score (nSPS) is 13.0. The molecule has 0 saturated carbocycles. The minimum absolute atomic E-state index is 0.118. The van der Waals surface area contributed by atoms with Crippen LogP contribution in [0.25, 0.3) is 0 Å². The summed E-state index contributed by atoms with van der Waals surface area (Å²) in [6, 6.07) is 12.9. The van der Waals surface area contributed by atoms with Crippen LogP contribution in [0, 0.1) is 0 Å². The van der Waals surface area contributed by atoms with Gasteiger partial charge >= 0.3 is 0 Å². The molecule has 1 N–H and O–H groups in total. The molecule has 5 nitrogen and oxygen atoms in total. The molecule has 0 unspecified atom stereocenters. The van der Waals surface area contributed by atoms with Crippen LogP contribution in [0.5, 0.6) is 17.2 Å². The lowest BCUT2D eigenvalue weighted by Gasteiger charge is -2.12. The highest BCUT2D eigenvalue weighted by atomic mass is 35.5. The minimum atomic E-state index is -0.118. The van der Waals surface area contributed by atoms with Crippen LogP contribution in [0.2, 0.25) is 5.02 Å². The van der Waals surface area contributed by atoms with Crippen molar-refractivity contribution in [2.75, 3.05) is 25.1 Å². The predicted molar refractivity (Wildman–Crippen MR) is 96.9 cm³/mol. The van der Waals surface area contributed by atoms with Crippen LogP contribution in [-0.2, 0) is 4.79 Å². The third-order valence-electron chi connectivity index (χ3n) is 3.67. The number of anilines is 1. The Morgan fingerprint density at radius 1 is 1.12 bits per heavy atom. The van der Waals surface area contributed by atoms with Gasteiger partial charge in [0.15, 0.2) is 11.5 Å². The maximum Gasteiger partial charge on any atom is 0.224 e. The van der Waals surface area contributed by atoms with Gasteiger partial charge in [0, 0.05) is 25.0 Å². The van der Waals surface area contributed by atoms with Gasteiger partial charge in [-0.15, -0.1) is 0 Å². The third-order valence-corrected chi connectivity index (χ3v) is 3.98. The summed E-state index contributed by atoms with van der Waals surface area (Å²) >= 11 is 6.22. The highest BCUT2D eigenvalue weighted by molar-refractivity contribution is 6.34. The fourth-order valence-corrected chi connectivity index (χ4v) is 2.63. The molecule has 1 aliphatic heterocycles. The number of amides is 1. The molecule has 1 aliphatic rings. The number of fused-ring (bicyclic) bond motifs is 1. The summed E-state index contributed by atoms with van der Waals surface area (Å²) in [6.45, 7) is 1.65. The highest BCUT2D eigenvalue weighted by Crippen LogP contribution is 2.37. The van der Waals surface area contributed by atoms with Gasteiger partial charge in [-0.3, -0.25) is 4.79 Å². The summed E-state index contributed by atoms with van der Waals surface area (Å²) in [6.07, 6.45) is 1.77. The molecule has 3 rings (SSSR count). The van der Waals surface area contributed by atoms with Gasteiger partial charge in [-0.25, -0.2) is 0 Å². The Kier molecular flexibility index (Phi) is 6.01. The molecule has 6 heteroatoms. The first-order valence-corrected chi connectivity index (χ1v) is 8.67. The van der Waals surface area contributed by atoms with E-state index in [2.05, 4.69) is 5.32 Å². The van der Waals surface area contributed by atoms with E-state index in [1.54, 1.807) is 12.1 Å². The minimum Gasteiger partial charge on any atom is -0.494 e. The number of carbonyl (C=O) groups excluding carboxylic acids is 1. The number of nitrogens with one attached hydrogen (secondary N) is 1. The molecule has 0 atom stereocenters. The number of hydrogen-bond acceptors (Lipinski definition) is 4. The van der Waals surface area contributed by atoms with Gasteiger partial charge in [0.1, 0.15) is 5.75 Å². The fourth-order valence-electron chi connectivity index (χ4n) is 2.43. The predicted octanol–water partition coefficient (Wildman–Crippen LogP) is 4.30. The second-order valence-electron chi connectivity index (χ2n) is 5.64. The lowest BCUT2D eigenvalue weighted by Crippen LogP contribution is -2.13. The molecule has 0 saturated heterocycles. The number of hydrogen-bond donors (Lipinski definition) is 1. The summed E-state index contributed by atoms with van der Waals surface area (Å²) in [4.78, 5) is 12.1. The number of halogens is 1. The molecule has 1 heterocycles. The van der Waals surface area contributed by atoms with E-state index < -0.39 is 0 Å². The molecular formula is C19H20ClNO4. The van der Waals surface area contributed by atoms with E-state index in [1.807, 2.05) is 30.3 Å². The molecule has 0 aliphatic carbocycles. The first-order chi connectivity index (χ1) is 12.2. The molecule has 0 radical (unpaired) electrons. The molecule has 0 aromatic heterocycles. The molecule has 2 aromatic carbocycles. The van der Waals surface area contributed by atoms with Gasteiger partial charge in [-0.05, 0) is 18.6 Å². The molecule has 0 bridgehead atoms. The highest BCUT2D eigenvalue weighted by Gasteiger charge is 2.15. The van der Waals surface area contributed by atoms with Crippen molar-refractivity contribution in [3.63, 3.8) is 0 Å². The third kappa shape index (κ3) is 5.03. The number of ether oxygens (including phenoxy) is 3. The number of benzene rings is 2. The monoisotopic (exact) mass is 361 g/mol. The van der Waals surface area contributed by atoms with Crippen LogP contribution >= 0.6 is 11.6 Å². The van der Waals surface area contributed by atoms with E-state index in [0.29, 0.717) is 54.9 Å². The number of rotatable bonds is 6. The number of carbonyl (C=O) groups is 1. The largest absolute Gasteiger partial charge is 0.494 e. The van der Waals surface area contributed by atoms with E-state index in [0.717, 1.165) is 12.2 Å². The quantitative estimate of drug-likeness (QED) is 0.779. The Morgan fingerprint density at radius 2 is 1.84 bits per heavy atom. The van der Waals surface area contributed by atoms with Crippen LogP contribution in [0.15, 0.2) is 42.5 Å². The second kappa shape index (κ2) is 8.62. The van der Waals surface area contributed by atoms with E-state index >= 15 is 0 Å². The van der Waals surface area contributed by atoms with Crippen molar-refractivity contribution in [2.24, 2.45) is 0 Å². The van der Waals surface area contributed by atoms with Gasteiger partial charge in [-0.2, -0.15) is 0 Å². The van der Waals surface area contributed by atoms with Crippen molar-refractivity contribution >= 4 is 23.2 Å². The van der Waals surface area contributed by atoms with Crippen LogP contribution < -0.4 is 19.5 Å². The van der Waals surface area contributed by atoms with Gasteiger partial charge in [0.2, 0.25) is 5.91 Å². The Morgan fingerprint density at radius 3 is 2.60 bits per heavy atom. The van der Waals surface area contributed by atoms with Gasteiger partial charge in [0.05, 0.1) is 30.5 Å². The first kappa shape index (κ1) is 17.4. The Balaban J connectivity index is 1.50. The average molecular weight is 362 g/mol. The van der Waals surface area contributed by atoms with E-state index in [9.17, 15) is 4.79 Å². The van der Waals surface area contributed by atoms with Crippen molar-refractivity contribution in [3.05, 3.63) is 47.5 Å². The SMILES string of the molecule is O=C(CCCOc1ccccc1)Nc1cc2c(cc1Cl)OCCCO2. The van der Waals surface area contributed by atoms with Crippen molar-refractivity contribution in [1.82, 2.24) is 0 Å². The van der Waals surface area contributed by atoms with Crippen molar-refractivity contribution in [2.45, 2.75) is 19.3 Å². The molecule has 0 fully saturated rings. The topological polar surface area (TPSA) is 56.8 Å². The van der Waals surface area contributed by atoms with Crippen molar-refractivity contribution in [3.8, 4) is 17.2 Å². The zero-order chi connectivity index (χ0) is 17.5. The Labute approximate surface area is 151 Å². The molecule has 1 amide bonds. The van der Waals surface area contributed by atoms with Gasteiger partial charge in [-0.1, -0.05) is 29.8 Å². The Bertz CT molecular complexity index is 721. The summed E-state index contributed by atoms with van der Waals surface area (Å²) in [5.74, 6) is 1.89. The summed E-state index contributed by atoms with van der Waals surface area (Å²) in [7, 11) is 0. The summed E-state index contributed by atoms with van der Waals surface area (Å²) in [5, 5.41) is 3.25. The molecule has 132 valence electrons. The molecule has 0 spiro atoms. The van der Waals surface area contributed by atoms with Crippen molar-refractivity contribution < 1.29 is 19.0 Å². The number of para-hydroxylation sites is 1. The smallest absolute Gasteiger partial charge is 0.224 e. The second-order valence-corrected chi connectivity index (χ2v) is 6.05. The van der Waals surface area contributed by atoms with Crippen LogP contribution in [0.4, 0.5) is 5.69 Å². The standard InChI is InChI=1S/C19H20ClNO4/c20-15-12-17-18(25-11-5-10-24-17)13-16(15)21-19(22)8-4-9-23-14-6-2-1-3-7-14/h1-3,6-7,12-13H,4-5,8-11H2,(H,21,22). The van der Waals surface area contributed by atoms with Crippen LogP contribution in [-0.4, -0.2) is 25.7 Å². The van der Waals surface area contributed by atoms with Crippen LogP contribution in [0.1, 0.15) is 19.3 Å². The lowest BCUT2D eigenvalue weighted by atomic mass is 10.2. The van der Waals surface area contributed by atoms with E-state index in [1.165, 1.54) is 0 Å². The van der Waals surface area contributed by atoms with E-state index in [4.69, 9.17) is 25.8 Å². The first-order valence-electron chi connectivity index (χ1n) is 8.29. The molecule has 25 heavy (non-hydrogen) atoms. The fraction of sp³-hybridized carbons (Fsp3) is 0.316. The van der Waals surface area contributed by atoms with Gasteiger partial charge < -0.3 is 19.5 Å². The summed E-state index contributed by atoms with van der Waals surface area (Å²) in [5.41, 5.74) is 0.528. The lowest BCUT2D eigenvalue weighted by molar-refractivity contribution is -0.116. The molecule has 2 aromatic rings. The zero-order valence-corrected chi connectivity index (χ0v) is 14.6. The maximum atomic E-state index is 12.1. The Hall–Kier alpha value is -2.40. The molecular weight excluding hydrogens is 342 g/mol. The van der Waals surface area contributed by atoms with Gasteiger partial charge in [0.25, 0.3) is 0 Å². The maximum absolute atomic E-state index is 12.1. The average Bonchev–Trinajstić information content (AvgIpc) is 2.85. The summed E-state index contributed by atoms with van der Waals surface area (Å²) < 4.78 is 16.8. The zero-order valence-electron chi connectivity index (χ0n) is 13.8. The van der Waals surface area contributed by atoms with Crippen LogP contribution in [0.3, 0.4) is 0 Å².